The molecular weight excluding hydrogens is 288 g/mol. The van der Waals surface area contributed by atoms with Crippen molar-refractivity contribution < 1.29 is 22.4 Å². The summed E-state index contributed by atoms with van der Waals surface area (Å²) in [4.78, 5) is 17.1. The van der Waals surface area contributed by atoms with Crippen LogP contribution in [-0.2, 0) is 6.18 Å². The van der Waals surface area contributed by atoms with Gasteiger partial charge in [0.25, 0.3) is 5.91 Å². The maximum atomic E-state index is 13.2. The third kappa shape index (κ3) is 3.18. The van der Waals surface area contributed by atoms with Crippen LogP contribution in [0.1, 0.15) is 15.9 Å². The maximum Gasteiger partial charge on any atom is 0.419 e. The van der Waals surface area contributed by atoms with Crippen molar-refractivity contribution in [1.82, 2.24) is 4.98 Å². The number of carbonyl (C=O) groups excluding carboxylic acids is 1. The van der Waals surface area contributed by atoms with E-state index in [4.69, 9.17) is 0 Å². The zero-order valence-corrected chi connectivity index (χ0v) is 10.9. The molecule has 21 heavy (non-hydrogen) atoms. The predicted molar refractivity (Wildman–Crippen MR) is 68.4 cm³/mol. The van der Waals surface area contributed by atoms with Gasteiger partial charge in [0.1, 0.15) is 5.82 Å². The molecule has 2 aromatic rings. The Morgan fingerprint density at radius 3 is 2.52 bits per heavy atom. The van der Waals surface area contributed by atoms with Gasteiger partial charge in [0.05, 0.1) is 17.4 Å². The molecule has 1 aromatic carbocycles. The minimum atomic E-state index is -4.85. The van der Waals surface area contributed by atoms with Crippen molar-refractivity contribution in [2.24, 2.45) is 0 Å². The number of anilines is 1. The first kappa shape index (κ1) is 15.0. The third-order valence-corrected chi connectivity index (χ3v) is 2.86. The molecule has 0 saturated carbocycles. The number of carbonyl (C=O) groups is 1. The summed E-state index contributed by atoms with van der Waals surface area (Å²) in [6, 6.07) is 5.32. The maximum absolute atomic E-state index is 13.2. The van der Waals surface area contributed by atoms with Gasteiger partial charge in [-0.15, -0.1) is 0 Å². The molecule has 0 fully saturated rings. The van der Waals surface area contributed by atoms with Crippen LogP contribution < -0.4 is 4.90 Å². The molecular formula is C14H10F4N2O. The lowest BCUT2D eigenvalue weighted by Gasteiger charge is -2.17. The molecule has 1 amide bonds. The molecule has 0 radical (unpaired) electrons. The lowest BCUT2D eigenvalue weighted by molar-refractivity contribution is -0.140. The first-order valence-electron chi connectivity index (χ1n) is 5.85. The Hall–Kier alpha value is -2.44. The quantitative estimate of drug-likeness (QED) is 0.795. The molecule has 0 aliphatic carbocycles. The monoisotopic (exact) mass is 298 g/mol. The highest BCUT2D eigenvalue weighted by molar-refractivity contribution is 6.05. The number of benzene rings is 1. The summed E-state index contributed by atoms with van der Waals surface area (Å²) >= 11 is 0. The van der Waals surface area contributed by atoms with Crippen molar-refractivity contribution >= 4 is 11.6 Å². The van der Waals surface area contributed by atoms with Gasteiger partial charge in [0.2, 0.25) is 0 Å². The van der Waals surface area contributed by atoms with Crippen molar-refractivity contribution in [2.75, 3.05) is 11.9 Å². The number of aromatic nitrogens is 1. The second-order valence-electron chi connectivity index (χ2n) is 4.27. The van der Waals surface area contributed by atoms with E-state index < -0.39 is 23.5 Å². The summed E-state index contributed by atoms with van der Waals surface area (Å²) in [5.74, 6) is -2.10. The molecule has 0 aliphatic rings. The molecule has 1 aromatic heterocycles. The van der Waals surface area contributed by atoms with Crippen molar-refractivity contribution in [2.45, 2.75) is 6.18 Å². The van der Waals surface area contributed by atoms with Gasteiger partial charge >= 0.3 is 6.18 Å². The minimum Gasteiger partial charge on any atom is -0.310 e. The summed E-state index contributed by atoms with van der Waals surface area (Å²) in [6.45, 7) is 0. The van der Waals surface area contributed by atoms with Crippen LogP contribution >= 0.6 is 0 Å². The Morgan fingerprint density at radius 2 is 1.95 bits per heavy atom. The Morgan fingerprint density at radius 1 is 1.24 bits per heavy atom. The SMILES string of the molecule is CN(C(=O)c1ccc(F)c(C(F)(F)F)c1)c1cccnc1. The third-order valence-electron chi connectivity index (χ3n) is 2.86. The zero-order valence-electron chi connectivity index (χ0n) is 10.9. The highest BCUT2D eigenvalue weighted by Gasteiger charge is 2.35. The summed E-state index contributed by atoms with van der Waals surface area (Å²) in [6.07, 6.45) is -1.96. The largest absolute Gasteiger partial charge is 0.419 e. The summed E-state index contributed by atoms with van der Waals surface area (Å²) in [7, 11) is 1.40. The average Bonchev–Trinajstić information content (AvgIpc) is 2.46. The molecule has 0 bridgehead atoms. The molecule has 0 spiro atoms. The number of rotatable bonds is 2. The van der Waals surface area contributed by atoms with Gasteiger partial charge in [-0.25, -0.2) is 4.39 Å². The predicted octanol–water partition coefficient (Wildman–Crippen LogP) is 3.52. The van der Waals surface area contributed by atoms with Crippen LogP contribution in [0.15, 0.2) is 42.7 Å². The number of hydrogen-bond donors (Lipinski definition) is 0. The van der Waals surface area contributed by atoms with Crippen molar-refractivity contribution in [3.05, 3.63) is 59.7 Å². The molecule has 1 heterocycles. The van der Waals surface area contributed by atoms with Gasteiger partial charge in [-0.05, 0) is 30.3 Å². The topological polar surface area (TPSA) is 33.2 Å². The van der Waals surface area contributed by atoms with E-state index in [9.17, 15) is 22.4 Å². The lowest BCUT2D eigenvalue weighted by Crippen LogP contribution is -2.26. The Kier molecular flexibility index (Phi) is 3.93. The number of nitrogens with zero attached hydrogens (tertiary/aromatic N) is 2. The van der Waals surface area contributed by atoms with E-state index in [1.165, 1.54) is 19.4 Å². The fraction of sp³-hybridized carbons (Fsp3) is 0.143. The molecule has 3 nitrogen and oxygen atoms in total. The van der Waals surface area contributed by atoms with E-state index in [1.807, 2.05) is 0 Å². The van der Waals surface area contributed by atoms with Gasteiger partial charge < -0.3 is 4.90 Å². The molecule has 0 saturated heterocycles. The number of halogens is 4. The number of pyridine rings is 1. The van der Waals surface area contributed by atoms with Crippen LogP contribution in [0.5, 0.6) is 0 Å². The van der Waals surface area contributed by atoms with Crippen LogP contribution in [0, 0.1) is 5.82 Å². The van der Waals surface area contributed by atoms with Crippen LogP contribution in [0.25, 0.3) is 0 Å². The molecule has 7 heteroatoms. The van der Waals surface area contributed by atoms with Gasteiger partial charge in [-0.1, -0.05) is 0 Å². The first-order chi connectivity index (χ1) is 9.80. The average molecular weight is 298 g/mol. The molecule has 0 N–H and O–H groups in total. The van der Waals surface area contributed by atoms with Crippen molar-refractivity contribution in [1.29, 1.82) is 0 Å². The molecule has 2 rings (SSSR count). The second-order valence-corrected chi connectivity index (χ2v) is 4.27. The number of hydrogen-bond acceptors (Lipinski definition) is 2. The zero-order chi connectivity index (χ0) is 15.6. The Balaban J connectivity index is 2.36. The fourth-order valence-electron chi connectivity index (χ4n) is 1.74. The van der Waals surface area contributed by atoms with Crippen LogP contribution in [-0.4, -0.2) is 17.9 Å². The summed E-state index contributed by atoms with van der Waals surface area (Å²) < 4.78 is 51.1. The van der Waals surface area contributed by atoms with Crippen LogP contribution in [0.2, 0.25) is 0 Å². The second kappa shape index (κ2) is 5.51. The number of alkyl halides is 3. The molecule has 0 atom stereocenters. The first-order valence-corrected chi connectivity index (χ1v) is 5.85. The van der Waals surface area contributed by atoms with Crippen molar-refractivity contribution in [3.8, 4) is 0 Å². The highest BCUT2D eigenvalue weighted by atomic mass is 19.4. The molecule has 110 valence electrons. The van der Waals surface area contributed by atoms with E-state index in [1.54, 1.807) is 12.1 Å². The molecule has 0 unspecified atom stereocenters. The van der Waals surface area contributed by atoms with Gasteiger partial charge in [0, 0.05) is 18.8 Å². The van der Waals surface area contributed by atoms with E-state index in [2.05, 4.69) is 4.98 Å². The van der Waals surface area contributed by atoms with E-state index in [0.717, 1.165) is 11.0 Å². The van der Waals surface area contributed by atoms with Gasteiger partial charge in [-0.3, -0.25) is 9.78 Å². The molecule has 0 aliphatic heterocycles. The number of amides is 1. The normalized spacial score (nSPS) is 11.3. The Labute approximate surface area is 117 Å². The summed E-state index contributed by atoms with van der Waals surface area (Å²) in [5, 5.41) is 0. The van der Waals surface area contributed by atoms with Crippen molar-refractivity contribution in [3.63, 3.8) is 0 Å². The van der Waals surface area contributed by atoms with Crippen LogP contribution in [0.4, 0.5) is 23.2 Å². The minimum absolute atomic E-state index is 0.255. The highest BCUT2D eigenvalue weighted by Crippen LogP contribution is 2.32. The smallest absolute Gasteiger partial charge is 0.310 e. The fourth-order valence-corrected chi connectivity index (χ4v) is 1.74. The summed E-state index contributed by atoms with van der Waals surface area (Å²) in [5.41, 5.74) is -1.30. The van der Waals surface area contributed by atoms with E-state index in [0.29, 0.717) is 17.8 Å². The van der Waals surface area contributed by atoms with Crippen LogP contribution in [0.3, 0.4) is 0 Å². The standard InChI is InChI=1S/C14H10F4N2O/c1-20(10-3-2-6-19-8-10)13(21)9-4-5-12(15)11(7-9)14(16,17)18/h2-8H,1H3. The van der Waals surface area contributed by atoms with Gasteiger partial charge in [-0.2, -0.15) is 13.2 Å². The van der Waals surface area contributed by atoms with E-state index in [-0.39, 0.29) is 5.56 Å². The Bertz CT molecular complexity index is 656. The lowest BCUT2D eigenvalue weighted by atomic mass is 10.1. The van der Waals surface area contributed by atoms with E-state index >= 15 is 0 Å². The van der Waals surface area contributed by atoms with Gasteiger partial charge in [0.15, 0.2) is 0 Å².